The number of ether oxygens (including phenoxy) is 1. The fourth-order valence-corrected chi connectivity index (χ4v) is 3.56. The second kappa shape index (κ2) is 5.54. The molecule has 0 fully saturated rings. The molecule has 0 aliphatic rings. The van der Waals surface area contributed by atoms with Gasteiger partial charge in [0.1, 0.15) is 0 Å². The van der Waals surface area contributed by atoms with Crippen molar-refractivity contribution < 1.29 is 23.1 Å². The van der Waals surface area contributed by atoms with E-state index in [0.29, 0.717) is 0 Å². The van der Waals surface area contributed by atoms with Crippen molar-refractivity contribution in [1.82, 2.24) is 9.71 Å². The molecule has 1 unspecified atom stereocenters. The van der Waals surface area contributed by atoms with Crippen LogP contribution in [0.15, 0.2) is 9.72 Å². The van der Waals surface area contributed by atoms with Gasteiger partial charge >= 0.3 is 5.97 Å². The third-order valence-electron chi connectivity index (χ3n) is 1.75. The fourth-order valence-electron chi connectivity index (χ4n) is 1.17. The Morgan fingerprint density at radius 3 is 2.88 bits per heavy atom. The maximum Gasteiger partial charge on any atom is 0.356 e. The zero-order chi connectivity index (χ0) is 13.1. The molecule has 0 amide bonds. The summed E-state index contributed by atoms with van der Waals surface area (Å²) in [6, 6.07) is -0.450. The Bertz CT molecular complexity index is 496. The van der Waals surface area contributed by atoms with E-state index in [1.807, 2.05) is 0 Å². The largest absolute Gasteiger partial charge is 0.476 e. The number of hydrogen-bond acceptors (Lipinski definition) is 6. The number of aromatic carboxylic acids is 1. The average Bonchev–Trinajstić information content (AvgIpc) is 2.65. The third-order valence-corrected chi connectivity index (χ3v) is 4.71. The summed E-state index contributed by atoms with van der Waals surface area (Å²) < 4.78 is 30.5. The van der Waals surface area contributed by atoms with Crippen LogP contribution in [-0.2, 0) is 14.8 Å². The predicted octanol–water partition coefficient (Wildman–Crippen LogP) is 0.155. The Morgan fingerprint density at radius 2 is 2.35 bits per heavy atom. The van der Waals surface area contributed by atoms with Crippen LogP contribution in [0, 0.1) is 0 Å². The molecular formula is C8H12N2O5S2. The van der Waals surface area contributed by atoms with Gasteiger partial charge in [-0.2, -0.15) is 0 Å². The van der Waals surface area contributed by atoms with E-state index in [2.05, 4.69) is 9.71 Å². The van der Waals surface area contributed by atoms with Crippen LogP contribution in [0.2, 0.25) is 0 Å². The molecule has 0 aromatic carbocycles. The highest BCUT2D eigenvalue weighted by molar-refractivity contribution is 7.91. The quantitative estimate of drug-likeness (QED) is 0.768. The number of sulfonamides is 1. The minimum atomic E-state index is -3.87. The number of aromatic nitrogens is 1. The Hall–Kier alpha value is -1.03. The molecule has 0 saturated carbocycles. The Balaban J connectivity index is 2.97. The average molecular weight is 280 g/mol. The topological polar surface area (TPSA) is 106 Å². The number of methoxy groups -OCH3 is 1. The van der Waals surface area contributed by atoms with E-state index in [1.165, 1.54) is 12.6 Å². The predicted molar refractivity (Wildman–Crippen MR) is 60.7 cm³/mol. The number of carbonyl (C=O) groups is 1. The molecule has 2 N–H and O–H groups in total. The zero-order valence-electron chi connectivity index (χ0n) is 9.21. The monoisotopic (exact) mass is 280 g/mol. The first-order chi connectivity index (χ1) is 7.88. The standard InChI is InChI=1S/C8H12N2O5S2/c1-5(3-15-2)10-17(13,14)8-6(7(11)12)9-4-16-8/h4-5,10H,3H2,1-2H3,(H,11,12). The van der Waals surface area contributed by atoms with Gasteiger partial charge in [-0.25, -0.2) is 22.9 Å². The smallest absolute Gasteiger partial charge is 0.356 e. The van der Waals surface area contributed by atoms with Crippen LogP contribution in [0.3, 0.4) is 0 Å². The van der Waals surface area contributed by atoms with Crippen LogP contribution in [0.25, 0.3) is 0 Å². The van der Waals surface area contributed by atoms with Gasteiger partial charge in [0.2, 0.25) is 0 Å². The van der Waals surface area contributed by atoms with Crippen molar-refractivity contribution in [3.05, 3.63) is 11.2 Å². The summed E-state index contributed by atoms with van der Waals surface area (Å²) in [5, 5.41) is 8.78. The fraction of sp³-hybridized carbons (Fsp3) is 0.500. The number of thiazole rings is 1. The molecule has 1 rings (SSSR count). The van der Waals surface area contributed by atoms with Crippen molar-refractivity contribution >= 4 is 27.3 Å². The molecule has 1 aromatic heterocycles. The molecule has 0 aliphatic carbocycles. The summed E-state index contributed by atoms with van der Waals surface area (Å²) in [6.07, 6.45) is 0. The van der Waals surface area contributed by atoms with Gasteiger partial charge in [-0.15, -0.1) is 11.3 Å². The minimum absolute atomic E-state index is 0.195. The molecule has 9 heteroatoms. The van der Waals surface area contributed by atoms with Gasteiger partial charge in [0.25, 0.3) is 10.0 Å². The van der Waals surface area contributed by atoms with Gasteiger partial charge in [-0.1, -0.05) is 0 Å². The lowest BCUT2D eigenvalue weighted by atomic mass is 10.4. The van der Waals surface area contributed by atoms with Crippen molar-refractivity contribution in [2.45, 2.75) is 17.2 Å². The molecule has 0 radical (unpaired) electrons. The van der Waals surface area contributed by atoms with E-state index in [0.717, 1.165) is 11.3 Å². The molecule has 0 aliphatic heterocycles. The van der Waals surface area contributed by atoms with Gasteiger partial charge in [0.15, 0.2) is 9.90 Å². The van der Waals surface area contributed by atoms with Crippen LogP contribution in [-0.4, -0.2) is 44.2 Å². The van der Waals surface area contributed by atoms with E-state index in [1.54, 1.807) is 6.92 Å². The Morgan fingerprint density at radius 1 is 1.71 bits per heavy atom. The normalized spacial score (nSPS) is 13.5. The summed E-state index contributed by atoms with van der Waals surface area (Å²) >= 11 is 0.762. The summed E-state index contributed by atoms with van der Waals surface area (Å²) in [5.74, 6) is -1.37. The Labute approximate surface area is 102 Å². The van der Waals surface area contributed by atoms with Crippen molar-refractivity contribution in [2.75, 3.05) is 13.7 Å². The zero-order valence-corrected chi connectivity index (χ0v) is 10.8. The van der Waals surface area contributed by atoms with Gasteiger partial charge in [-0.3, -0.25) is 0 Å². The number of nitrogens with one attached hydrogen (secondary N) is 1. The number of hydrogen-bond donors (Lipinski definition) is 2. The lowest BCUT2D eigenvalue weighted by Crippen LogP contribution is -2.35. The lowest BCUT2D eigenvalue weighted by molar-refractivity contribution is 0.0687. The highest BCUT2D eigenvalue weighted by Crippen LogP contribution is 2.20. The molecule has 0 spiro atoms. The van der Waals surface area contributed by atoms with Crippen molar-refractivity contribution in [2.24, 2.45) is 0 Å². The molecule has 1 aromatic rings. The Kier molecular flexibility index (Phi) is 4.57. The second-order valence-corrected chi connectivity index (χ2v) is 6.04. The van der Waals surface area contributed by atoms with Crippen LogP contribution in [0.1, 0.15) is 17.4 Å². The van der Waals surface area contributed by atoms with Gasteiger partial charge in [0.05, 0.1) is 12.1 Å². The molecular weight excluding hydrogens is 268 g/mol. The number of rotatable bonds is 6. The molecule has 96 valence electrons. The summed E-state index contributed by atoms with van der Waals surface area (Å²) in [4.78, 5) is 14.3. The SMILES string of the molecule is COCC(C)NS(=O)(=O)c1scnc1C(=O)O. The van der Waals surface area contributed by atoms with E-state index in [4.69, 9.17) is 9.84 Å². The highest BCUT2D eigenvalue weighted by atomic mass is 32.2. The molecule has 1 atom stereocenters. The van der Waals surface area contributed by atoms with Gasteiger partial charge in [-0.05, 0) is 6.92 Å². The highest BCUT2D eigenvalue weighted by Gasteiger charge is 2.26. The lowest BCUT2D eigenvalue weighted by Gasteiger charge is -2.12. The van der Waals surface area contributed by atoms with E-state index in [-0.39, 0.29) is 10.8 Å². The maximum absolute atomic E-state index is 11.8. The number of nitrogens with zero attached hydrogens (tertiary/aromatic N) is 1. The van der Waals surface area contributed by atoms with E-state index >= 15 is 0 Å². The maximum atomic E-state index is 11.8. The van der Waals surface area contributed by atoms with Crippen LogP contribution in [0.5, 0.6) is 0 Å². The van der Waals surface area contributed by atoms with E-state index in [9.17, 15) is 13.2 Å². The van der Waals surface area contributed by atoms with E-state index < -0.39 is 27.7 Å². The molecule has 7 nitrogen and oxygen atoms in total. The molecule has 17 heavy (non-hydrogen) atoms. The van der Waals surface area contributed by atoms with Gasteiger partial charge in [0, 0.05) is 13.2 Å². The molecule has 0 bridgehead atoms. The summed E-state index contributed by atoms with van der Waals surface area (Å²) in [6.45, 7) is 1.81. The molecule has 0 saturated heterocycles. The van der Waals surface area contributed by atoms with Crippen LogP contribution >= 0.6 is 11.3 Å². The van der Waals surface area contributed by atoms with Crippen molar-refractivity contribution in [3.63, 3.8) is 0 Å². The minimum Gasteiger partial charge on any atom is -0.476 e. The second-order valence-electron chi connectivity index (χ2n) is 3.27. The number of carboxylic acids is 1. The third kappa shape index (κ3) is 3.46. The van der Waals surface area contributed by atoms with Crippen LogP contribution in [0.4, 0.5) is 0 Å². The van der Waals surface area contributed by atoms with Crippen molar-refractivity contribution in [3.8, 4) is 0 Å². The summed E-state index contributed by atoms with van der Waals surface area (Å²) in [7, 11) is -2.42. The van der Waals surface area contributed by atoms with Crippen LogP contribution < -0.4 is 4.72 Å². The first kappa shape index (κ1) is 14.0. The first-order valence-electron chi connectivity index (χ1n) is 4.56. The first-order valence-corrected chi connectivity index (χ1v) is 6.92. The summed E-state index contributed by atoms with van der Waals surface area (Å²) in [5.41, 5.74) is 0.714. The number of carboxylic acid groups (broad SMARTS) is 1. The van der Waals surface area contributed by atoms with Crippen molar-refractivity contribution in [1.29, 1.82) is 0 Å². The molecule has 1 heterocycles. The van der Waals surface area contributed by atoms with Gasteiger partial charge < -0.3 is 9.84 Å².